The van der Waals surface area contributed by atoms with Crippen LogP contribution in [0.25, 0.3) is 22.3 Å². The van der Waals surface area contributed by atoms with Crippen molar-refractivity contribution in [1.29, 1.82) is 0 Å². The van der Waals surface area contributed by atoms with Gasteiger partial charge in [0.2, 0.25) is 0 Å². The van der Waals surface area contributed by atoms with Gasteiger partial charge in [-0.3, -0.25) is 9.59 Å². The third kappa shape index (κ3) is 6.87. The third-order valence-corrected chi connectivity index (χ3v) is 7.86. The van der Waals surface area contributed by atoms with Crippen molar-refractivity contribution in [3.8, 4) is 22.9 Å². The highest BCUT2D eigenvalue weighted by atomic mass is 35.5. The third-order valence-electron chi connectivity index (χ3n) is 7.30. The Kier molecular flexibility index (Phi) is 9.56. The molecule has 0 aliphatic rings. The Hall–Kier alpha value is -4.66. The first-order chi connectivity index (χ1) is 21.6. The standard InChI is InChI=1S/C35H32Cl2N4O4/c1-20(2)25-17-26(22(4)14-31(25)44-5)34-40-30-13-9-7-11-24(30)35(43)41(34)38-18-23-15-27(36)33(28(37)16-23)45-19-32(42)39-29-12-8-6-10-21(29)3/h6-18,20H,19H2,1-5H3,(H,39,42). The van der Waals surface area contributed by atoms with E-state index >= 15 is 0 Å². The van der Waals surface area contributed by atoms with E-state index in [1.54, 1.807) is 37.4 Å². The van der Waals surface area contributed by atoms with Crippen molar-refractivity contribution in [2.75, 3.05) is 19.0 Å². The molecule has 1 N–H and O–H groups in total. The van der Waals surface area contributed by atoms with Gasteiger partial charge in [0, 0.05) is 11.3 Å². The van der Waals surface area contributed by atoms with Crippen molar-refractivity contribution in [1.82, 2.24) is 9.66 Å². The number of hydrogen-bond donors (Lipinski definition) is 1. The number of rotatable bonds is 9. The molecule has 230 valence electrons. The van der Waals surface area contributed by atoms with Crippen LogP contribution in [0.4, 0.5) is 5.69 Å². The molecule has 0 radical (unpaired) electrons. The lowest BCUT2D eigenvalue weighted by Gasteiger charge is -2.17. The number of amides is 1. The van der Waals surface area contributed by atoms with Gasteiger partial charge >= 0.3 is 0 Å². The molecule has 0 saturated heterocycles. The van der Waals surface area contributed by atoms with E-state index < -0.39 is 0 Å². The summed E-state index contributed by atoms with van der Waals surface area (Å²) in [6.07, 6.45) is 1.48. The van der Waals surface area contributed by atoms with E-state index in [2.05, 4.69) is 24.3 Å². The molecule has 0 bridgehead atoms. The normalized spacial score (nSPS) is 11.4. The molecule has 0 atom stereocenters. The maximum absolute atomic E-state index is 13.8. The highest BCUT2D eigenvalue weighted by Gasteiger charge is 2.19. The average Bonchev–Trinajstić information content (AvgIpc) is 3.01. The van der Waals surface area contributed by atoms with Gasteiger partial charge in [-0.15, -0.1) is 0 Å². The van der Waals surface area contributed by atoms with E-state index in [-0.39, 0.29) is 39.8 Å². The van der Waals surface area contributed by atoms with Gasteiger partial charge in [0.1, 0.15) is 5.75 Å². The molecule has 0 spiro atoms. The predicted octanol–water partition coefficient (Wildman–Crippen LogP) is 8.02. The van der Waals surface area contributed by atoms with Gasteiger partial charge in [-0.25, -0.2) is 4.98 Å². The number of methoxy groups -OCH3 is 1. The minimum absolute atomic E-state index is 0.163. The number of ether oxygens (including phenoxy) is 2. The molecule has 1 heterocycles. The lowest BCUT2D eigenvalue weighted by Crippen LogP contribution is -2.21. The molecule has 5 aromatic rings. The zero-order chi connectivity index (χ0) is 32.2. The maximum atomic E-state index is 13.8. The van der Waals surface area contributed by atoms with Gasteiger partial charge in [0.25, 0.3) is 11.5 Å². The summed E-state index contributed by atoms with van der Waals surface area (Å²) in [5.74, 6) is 1.13. The minimum Gasteiger partial charge on any atom is -0.496 e. The van der Waals surface area contributed by atoms with Crippen LogP contribution in [0.2, 0.25) is 10.0 Å². The van der Waals surface area contributed by atoms with E-state index in [1.807, 2.05) is 56.3 Å². The fraction of sp³-hybridized carbons (Fsp3) is 0.200. The highest BCUT2D eigenvalue weighted by molar-refractivity contribution is 6.37. The number of aromatic nitrogens is 2. The summed E-state index contributed by atoms with van der Waals surface area (Å²) in [7, 11) is 1.64. The Labute approximate surface area is 271 Å². The number of carbonyl (C=O) groups excluding carboxylic acids is 1. The monoisotopic (exact) mass is 642 g/mol. The molecule has 4 aromatic carbocycles. The highest BCUT2D eigenvalue weighted by Crippen LogP contribution is 2.35. The molecule has 1 aromatic heterocycles. The van der Waals surface area contributed by atoms with Crippen LogP contribution >= 0.6 is 23.2 Å². The second-order valence-corrected chi connectivity index (χ2v) is 11.7. The van der Waals surface area contributed by atoms with Crippen molar-refractivity contribution in [3.05, 3.63) is 115 Å². The first kappa shape index (κ1) is 31.8. The van der Waals surface area contributed by atoms with Gasteiger partial charge in [0.15, 0.2) is 18.2 Å². The summed E-state index contributed by atoms with van der Waals surface area (Å²) in [5.41, 5.74) is 4.98. The second-order valence-electron chi connectivity index (χ2n) is 10.8. The smallest absolute Gasteiger partial charge is 0.282 e. The number of hydrogen-bond acceptors (Lipinski definition) is 6. The molecule has 8 nitrogen and oxygen atoms in total. The number of para-hydroxylation sites is 2. The second kappa shape index (κ2) is 13.5. The molecule has 0 aliphatic heterocycles. The van der Waals surface area contributed by atoms with Crippen LogP contribution in [0.1, 0.15) is 42.0 Å². The van der Waals surface area contributed by atoms with Gasteiger partial charge < -0.3 is 14.8 Å². The van der Waals surface area contributed by atoms with Crippen LogP contribution < -0.4 is 20.3 Å². The number of anilines is 1. The summed E-state index contributed by atoms with van der Waals surface area (Å²) in [6.45, 7) is 7.71. The summed E-state index contributed by atoms with van der Waals surface area (Å²) in [5, 5.41) is 8.17. The van der Waals surface area contributed by atoms with Gasteiger partial charge in [-0.2, -0.15) is 9.78 Å². The molecule has 0 unspecified atom stereocenters. The molecule has 0 saturated carbocycles. The molecule has 0 fully saturated rings. The van der Waals surface area contributed by atoms with Crippen molar-refractivity contribution in [3.63, 3.8) is 0 Å². The lowest BCUT2D eigenvalue weighted by molar-refractivity contribution is -0.118. The largest absolute Gasteiger partial charge is 0.496 e. The van der Waals surface area contributed by atoms with Crippen LogP contribution in [0, 0.1) is 13.8 Å². The van der Waals surface area contributed by atoms with Gasteiger partial charge in [0.05, 0.1) is 34.3 Å². The lowest BCUT2D eigenvalue weighted by atomic mass is 9.96. The molecule has 10 heteroatoms. The first-order valence-corrected chi connectivity index (χ1v) is 15.0. The van der Waals surface area contributed by atoms with Crippen LogP contribution in [0.5, 0.6) is 11.5 Å². The number of benzene rings is 4. The summed E-state index contributed by atoms with van der Waals surface area (Å²) >= 11 is 13.0. The number of carbonyl (C=O) groups is 1. The van der Waals surface area contributed by atoms with Crippen LogP contribution in [0.3, 0.4) is 0 Å². The van der Waals surface area contributed by atoms with E-state index in [0.717, 1.165) is 28.0 Å². The van der Waals surface area contributed by atoms with Crippen molar-refractivity contribution in [2.45, 2.75) is 33.6 Å². The van der Waals surface area contributed by atoms with Crippen LogP contribution in [-0.4, -0.2) is 35.5 Å². The number of aryl methyl sites for hydroxylation is 2. The van der Waals surface area contributed by atoms with E-state index in [4.69, 9.17) is 37.7 Å². The first-order valence-electron chi connectivity index (χ1n) is 14.3. The molecule has 45 heavy (non-hydrogen) atoms. The van der Waals surface area contributed by atoms with Gasteiger partial charge in [-0.05, 0) is 84.5 Å². The fourth-order valence-electron chi connectivity index (χ4n) is 4.93. The fourth-order valence-corrected chi connectivity index (χ4v) is 5.54. The van der Waals surface area contributed by atoms with Crippen molar-refractivity contribution in [2.24, 2.45) is 5.10 Å². The predicted molar refractivity (Wildman–Crippen MR) is 182 cm³/mol. The Balaban J connectivity index is 1.49. The topological polar surface area (TPSA) is 94.8 Å². The van der Waals surface area contributed by atoms with Crippen molar-refractivity contribution < 1.29 is 14.3 Å². The summed E-state index contributed by atoms with van der Waals surface area (Å²) in [6, 6.07) is 21.7. The zero-order valence-corrected chi connectivity index (χ0v) is 27.0. The van der Waals surface area contributed by atoms with Crippen molar-refractivity contribution >= 4 is 51.9 Å². The molecule has 5 rings (SSSR count). The molecule has 1 amide bonds. The molecule has 0 aliphatic carbocycles. The zero-order valence-electron chi connectivity index (χ0n) is 25.5. The Morgan fingerprint density at radius 1 is 1.00 bits per heavy atom. The average molecular weight is 644 g/mol. The SMILES string of the molecule is COc1cc(C)c(-c2nc3ccccc3c(=O)n2N=Cc2cc(Cl)c(OCC(=O)Nc3ccccc3C)c(Cl)c2)cc1C(C)C. The minimum atomic E-state index is -0.354. The molecular weight excluding hydrogens is 611 g/mol. The van der Waals surface area contributed by atoms with Crippen LogP contribution in [-0.2, 0) is 4.79 Å². The Morgan fingerprint density at radius 2 is 1.69 bits per heavy atom. The Morgan fingerprint density at radius 3 is 2.38 bits per heavy atom. The number of nitrogens with zero attached hydrogens (tertiary/aromatic N) is 3. The quantitative estimate of drug-likeness (QED) is 0.164. The summed E-state index contributed by atoms with van der Waals surface area (Å²) in [4.78, 5) is 31.1. The van der Waals surface area contributed by atoms with Gasteiger partial charge in [-0.1, -0.05) is 67.4 Å². The Bertz CT molecular complexity index is 1980. The number of halogens is 2. The van der Waals surface area contributed by atoms with E-state index in [9.17, 15) is 9.59 Å². The van der Waals surface area contributed by atoms with E-state index in [0.29, 0.717) is 28.0 Å². The maximum Gasteiger partial charge on any atom is 0.282 e. The number of fused-ring (bicyclic) bond motifs is 1. The number of nitrogens with one attached hydrogen (secondary N) is 1. The van der Waals surface area contributed by atoms with Crippen LogP contribution in [0.15, 0.2) is 82.7 Å². The molecular formula is C35H32Cl2N4O4. The summed E-state index contributed by atoms with van der Waals surface area (Å²) < 4.78 is 12.6. The van der Waals surface area contributed by atoms with E-state index in [1.165, 1.54) is 10.9 Å².